The maximum Gasteiger partial charge on any atom is 0.223 e. The number of ether oxygens (including phenoxy) is 1. The first-order valence-electron chi connectivity index (χ1n) is 7.27. The van der Waals surface area contributed by atoms with E-state index >= 15 is 0 Å². The Balaban J connectivity index is 1.54. The molecule has 1 fully saturated rings. The molecule has 110 valence electrons. The molecule has 1 saturated heterocycles. The third-order valence-electron chi connectivity index (χ3n) is 3.82. The fraction of sp³-hybridized carbons (Fsp3) is 0.375. The monoisotopic (exact) mass is 285 g/mol. The fourth-order valence-corrected chi connectivity index (χ4v) is 2.51. The van der Waals surface area contributed by atoms with E-state index in [9.17, 15) is 4.79 Å². The molecular formula is C16H19N3O2. The first-order valence-corrected chi connectivity index (χ1v) is 7.27. The van der Waals surface area contributed by atoms with Crippen molar-refractivity contribution in [1.82, 2.24) is 15.5 Å². The molecule has 0 bridgehead atoms. The number of aromatic nitrogens is 2. The van der Waals surface area contributed by atoms with E-state index < -0.39 is 0 Å². The van der Waals surface area contributed by atoms with Crippen molar-refractivity contribution in [3.8, 4) is 11.3 Å². The van der Waals surface area contributed by atoms with Crippen molar-refractivity contribution in [1.29, 1.82) is 0 Å². The van der Waals surface area contributed by atoms with Crippen LogP contribution in [0.2, 0.25) is 0 Å². The minimum Gasteiger partial charge on any atom is -0.381 e. The number of nitrogens with zero attached hydrogens (tertiary/aromatic N) is 1. The molecular weight excluding hydrogens is 266 g/mol. The molecule has 2 aromatic rings. The third-order valence-corrected chi connectivity index (χ3v) is 3.82. The first-order chi connectivity index (χ1) is 10.3. The molecule has 0 radical (unpaired) electrons. The number of benzene rings is 1. The van der Waals surface area contributed by atoms with E-state index in [1.807, 2.05) is 30.3 Å². The predicted octanol–water partition coefficient (Wildman–Crippen LogP) is 2.12. The third kappa shape index (κ3) is 3.49. The summed E-state index contributed by atoms with van der Waals surface area (Å²) < 4.78 is 5.27. The molecule has 0 aliphatic carbocycles. The maximum absolute atomic E-state index is 12.0. The summed E-state index contributed by atoms with van der Waals surface area (Å²) in [6.07, 6.45) is 3.38. The highest BCUT2D eigenvalue weighted by atomic mass is 16.5. The first kappa shape index (κ1) is 13.8. The average molecular weight is 285 g/mol. The Hall–Kier alpha value is -2.14. The molecule has 0 atom stereocenters. The van der Waals surface area contributed by atoms with E-state index in [4.69, 9.17) is 4.74 Å². The Labute approximate surface area is 123 Å². The van der Waals surface area contributed by atoms with Gasteiger partial charge in [0.1, 0.15) is 0 Å². The van der Waals surface area contributed by atoms with E-state index in [0.29, 0.717) is 19.8 Å². The van der Waals surface area contributed by atoms with Crippen molar-refractivity contribution in [2.24, 2.45) is 5.92 Å². The molecule has 0 unspecified atom stereocenters. The summed E-state index contributed by atoms with van der Waals surface area (Å²) in [6.45, 7) is 1.95. The van der Waals surface area contributed by atoms with Gasteiger partial charge in [-0.1, -0.05) is 24.3 Å². The number of H-pyrrole nitrogens is 1. The standard InChI is InChI=1S/C16H19N3O2/c20-16(14-6-9-21-10-7-14)17-11-12-1-3-13(4-2-12)15-5-8-18-19-15/h1-5,8,14H,6-7,9-11H2,(H,17,20)(H,18,19). The molecule has 2 heterocycles. The lowest BCUT2D eigenvalue weighted by Gasteiger charge is -2.21. The zero-order valence-corrected chi connectivity index (χ0v) is 11.8. The van der Waals surface area contributed by atoms with Crippen LogP contribution in [-0.2, 0) is 16.1 Å². The number of aromatic amines is 1. The van der Waals surface area contributed by atoms with Gasteiger partial charge in [0.05, 0.1) is 5.69 Å². The summed E-state index contributed by atoms with van der Waals surface area (Å²) in [4.78, 5) is 12.0. The smallest absolute Gasteiger partial charge is 0.223 e. The average Bonchev–Trinajstić information content (AvgIpc) is 3.08. The lowest BCUT2D eigenvalue weighted by Crippen LogP contribution is -2.33. The molecule has 1 aliphatic rings. The molecule has 0 saturated carbocycles. The summed E-state index contributed by atoms with van der Waals surface area (Å²) in [5.41, 5.74) is 3.18. The second kappa shape index (κ2) is 6.54. The Morgan fingerprint density at radius 2 is 2.00 bits per heavy atom. The summed E-state index contributed by atoms with van der Waals surface area (Å²) >= 11 is 0. The second-order valence-electron chi connectivity index (χ2n) is 5.27. The Kier molecular flexibility index (Phi) is 4.31. The van der Waals surface area contributed by atoms with Crippen molar-refractivity contribution < 1.29 is 9.53 Å². The summed E-state index contributed by atoms with van der Waals surface area (Å²) in [7, 11) is 0. The molecule has 0 spiro atoms. The normalized spacial score (nSPS) is 15.8. The molecule has 1 aliphatic heterocycles. The van der Waals surface area contributed by atoms with E-state index in [0.717, 1.165) is 29.7 Å². The molecule has 5 nitrogen and oxygen atoms in total. The van der Waals surface area contributed by atoms with Crippen LogP contribution in [-0.4, -0.2) is 29.3 Å². The van der Waals surface area contributed by atoms with Crippen LogP contribution >= 0.6 is 0 Å². The number of hydrogen-bond acceptors (Lipinski definition) is 3. The van der Waals surface area contributed by atoms with Crippen LogP contribution in [0.5, 0.6) is 0 Å². The van der Waals surface area contributed by atoms with Gasteiger partial charge in [0.15, 0.2) is 0 Å². The Bertz CT molecular complexity index is 572. The second-order valence-corrected chi connectivity index (χ2v) is 5.27. The highest BCUT2D eigenvalue weighted by Crippen LogP contribution is 2.17. The van der Waals surface area contributed by atoms with Crippen LogP contribution in [0.4, 0.5) is 0 Å². The van der Waals surface area contributed by atoms with Crippen LogP contribution in [0.1, 0.15) is 18.4 Å². The van der Waals surface area contributed by atoms with Gasteiger partial charge in [-0.05, 0) is 30.0 Å². The predicted molar refractivity (Wildman–Crippen MR) is 79.4 cm³/mol. The van der Waals surface area contributed by atoms with Crippen molar-refractivity contribution in [2.75, 3.05) is 13.2 Å². The van der Waals surface area contributed by atoms with Crippen molar-refractivity contribution in [3.63, 3.8) is 0 Å². The molecule has 1 aromatic carbocycles. The number of hydrogen-bond donors (Lipinski definition) is 2. The summed E-state index contributed by atoms with van der Waals surface area (Å²) in [5, 5.41) is 9.88. The molecule has 5 heteroatoms. The van der Waals surface area contributed by atoms with Crippen molar-refractivity contribution >= 4 is 5.91 Å². The minimum atomic E-state index is 0.100. The highest BCUT2D eigenvalue weighted by Gasteiger charge is 2.20. The van der Waals surface area contributed by atoms with Crippen LogP contribution in [0.25, 0.3) is 11.3 Å². The number of amides is 1. The van der Waals surface area contributed by atoms with Crippen molar-refractivity contribution in [2.45, 2.75) is 19.4 Å². The van der Waals surface area contributed by atoms with Gasteiger partial charge >= 0.3 is 0 Å². The number of carbonyl (C=O) groups is 1. The van der Waals surface area contributed by atoms with Crippen LogP contribution < -0.4 is 5.32 Å². The summed E-state index contributed by atoms with van der Waals surface area (Å²) in [5.74, 6) is 0.235. The van der Waals surface area contributed by atoms with Gasteiger partial charge in [0.25, 0.3) is 0 Å². The van der Waals surface area contributed by atoms with E-state index in [1.165, 1.54) is 0 Å². The Morgan fingerprint density at radius 3 is 2.67 bits per heavy atom. The number of nitrogens with one attached hydrogen (secondary N) is 2. The quantitative estimate of drug-likeness (QED) is 0.904. The van der Waals surface area contributed by atoms with E-state index in [2.05, 4.69) is 15.5 Å². The van der Waals surface area contributed by atoms with Gasteiger partial charge in [0, 0.05) is 31.9 Å². The van der Waals surface area contributed by atoms with Gasteiger partial charge < -0.3 is 10.1 Å². The van der Waals surface area contributed by atoms with Gasteiger partial charge in [-0.15, -0.1) is 0 Å². The lowest BCUT2D eigenvalue weighted by atomic mass is 9.99. The largest absolute Gasteiger partial charge is 0.381 e. The number of carbonyl (C=O) groups excluding carboxylic acids is 1. The molecule has 1 aromatic heterocycles. The molecule has 3 rings (SSSR count). The van der Waals surface area contributed by atoms with Crippen molar-refractivity contribution in [3.05, 3.63) is 42.1 Å². The lowest BCUT2D eigenvalue weighted by molar-refractivity contribution is -0.128. The zero-order chi connectivity index (χ0) is 14.5. The highest BCUT2D eigenvalue weighted by molar-refractivity contribution is 5.78. The Morgan fingerprint density at radius 1 is 1.24 bits per heavy atom. The fourth-order valence-electron chi connectivity index (χ4n) is 2.51. The van der Waals surface area contributed by atoms with E-state index in [1.54, 1.807) is 6.20 Å². The SMILES string of the molecule is O=C(NCc1ccc(-c2ccn[nH]2)cc1)C1CCOCC1. The van der Waals surface area contributed by atoms with Gasteiger partial charge in [-0.25, -0.2) is 0 Å². The van der Waals surface area contributed by atoms with Gasteiger partial charge in [-0.3, -0.25) is 9.89 Å². The molecule has 2 N–H and O–H groups in total. The zero-order valence-electron chi connectivity index (χ0n) is 11.8. The van der Waals surface area contributed by atoms with Gasteiger partial charge in [0.2, 0.25) is 5.91 Å². The molecule has 1 amide bonds. The number of rotatable bonds is 4. The van der Waals surface area contributed by atoms with Crippen LogP contribution in [0.15, 0.2) is 36.5 Å². The van der Waals surface area contributed by atoms with Crippen LogP contribution in [0.3, 0.4) is 0 Å². The topological polar surface area (TPSA) is 67.0 Å². The summed E-state index contributed by atoms with van der Waals surface area (Å²) in [6, 6.07) is 10.1. The molecule has 21 heavy (non-hydrogen) atoms. The maximum atomic E-state index is 12.0. The van der Waals surface area contributed by atoms with Gasteiger partial charge in [-0.2, -0.15) is 5.10 Å². The van der Waals surface area contributed by atoms with Crippen LogP contribution in [0, 0.1) is 5.92 Å². The van der Waals surface area contributed by atoms with E-state index in [-0.39, 0.29) is 11.8 Å². The minimum absolute atomic E-state index is 0.100.